The van der Waals surface area contributed by atoms with Crippen LogP contribution in [0.15, 0.2) is 48.5 Å². The summed E-state index contributed by atoms with van der Waals surface area (Å²) in [6.07, 6.45) is 0.988. The van der Waals surface area contributed by atoms with E-state index in [0.717, 1.165) is 10.6 Å². The average Bonchev–Trinajstić information content (AvgIpc) is 2.60. The summed E-state index contributed by atoms with van der Waals surface area (Å²) >= 11 is 0. The first-order chi connectivity index (χ1) is 12.7. The lowest BCUT2D eigenvalue weighted by molar-refractivity contribution is -0.115. The number of sulfonamides is 1. The van der Waals surface area contributed by atoms with Gasteiger partial charge in [0.05, 0.1) is 23.6 Å². The number of amides is 2. The smallest absolute Gasteiger partial charge is 0.245 e. The minimum atomic E-state index is -3.73. The van der Waals surface area contributed by atoms with Gasteiger partial charge in [-0.25, -0.2) is 8.42 Å². The molecule has 140 valence electrons. The summed E-state index contributed by atoms with van der Waals surface area (Å²) in [6, 6.07) is 14.3. The first kappa shape index (κ1) is 19.9. The lowest BCUT2D eigenvalue weighted by Gasteiger charge is -2.22. The minimum absolute atomic E-state index is 0.213. The Morgan fingerprint density at radius 1 is 1.07 bits per heavy atom. The quantitative estimate of drug-likeness (QED) is 0.786. The zero-order valence-corrected chi connectivity index (χ0v) is 15.6. The molecule has 0 saturated heterocycles. The van der Waals surface area contributed by atoms with Gasteiger partial charge in [0, 0.05) is 18.3 Å². The summed E-state index contributed by atoms with van der Waals surface area (Å²) in [5.74, 6) is -0.759. The van der Waals surface area contributed by atoms with E-state index in [2.05, 4.69) is 10.6 Å². The van der Waals surface area contributed by atoms with Gasteiger partial charge in [-0.2, -0.15) is 5.26 Å². The Balaban J connectivity index is 2.14. The van der Waals surface area contributed by atoms with Crippen LogP contribution in [0.3, 0.4) is 0 Å². The van der Waals surface area contributed by atoms with Crippen molar-refractivity contribution < 1.29 is 18.0 Å². The number of carbonyl (C=O) groups is 2. The van der Waals surface area contributed by atoms with Crippen molar-refractivity contribution in [2.75, 3.05) is 27.7 Å². The van der Waals surface area contributed by atoms with Crippen molar-refractivity contribution in [1.29, 1.82) is 5.26 Å². The molecule has 2 aromatic rings. The molecule has 27 heavy (non-hydrogen) atoms. The molecule has 0 aliphatic rings. The molecule has 2 aromatic carbocycles. The maximum atomic E-state index is 12.3. The fraction of sp³-hybridized carbons (Fsp3) is 0.167. The van der Waals surface area contributed by atoms with E-state index >= 15 is 0 Å². The van der Waals surface area contributed by atoms with E-state index in [-0.39, 0.29) is 17.2 Å². The third-order valence-electron chi connectivity index (χ3n) is 3.44. The molecular weight excluding hydrogens is 368 g/mol. The van der Waals surface area contributed by atoms with Crippen molar-refractivity contribution in [3.63, 3.8) is 0 Å². The van der Waals surface area contributed by atoms with E-state index in [9.17, 15) is 18.0 Å². The number of nitriles is 1. The summed E-state index contributed by atoms with van der Waals surface area (Å²) in [5.41, 5.74) is 1.54. The molecule has 0 saturated carbocycles. The van der Waals surface area contributed by atoms with Gasteiger partial charge in [-0.3, -0.25) is 13.9 Å². The molecule has 0 aromatic heterocycles. The van der Waals surface area contributed by atoms with Gasteiger partial charge in [-0.1, -0.05) is 6.07 Å². The van der Waals surface area contributed by atoms with Gasteiger partial charge in [0.15, 0.2) is 0 Å². The third-order valence-corrected chi connectivity index (χ3v) is 4.58. The van der Waals surface area contributed by atoms with Crippen LogP contribution in [0.1, 0.15) is 12.5 Å². The van der Waals surface area contributed by atoms with Gasteiger partial charge in [-0.15, -0.1) is 0 Å². The van der Waals surface area contributed by atoms with E-state index in [4.69, 9.17) is 5.26 Å². The van der Waals surface area contributed by atoms with Crippen LogP contribution < -0.4 is 14.9 Å². The van der Waals surface area contributed by atoms with Crippen molar-refractivity contribution in [2.45, 2.75) is 6.92 Å². The summed E-state index contributed by atoms with van der Waals surface area (Å²) in [6.45, 7) is 0.942. The molecule has 8 nitrogen and oxygen atoms in total. The fourth-order valence-corrected chi connectivity index (χ4v) is 3.15. The van der Waals surface area contributed by atoms with Gasteiger partial charge >= 0.3 is 0 Å². The van der Waals surface area contributed by atoms with Crippen LogP contribution in [0.4, 0.5) is 17.1 Å². The Morgan fingerprint density at radius 3 is 2.19 bits per heavy atom. The molecule has 0 bridgehead atoms. The number of anilines is 3. The van der Waals surface area contributed by atoms with Crippen molar-refractivity contribution in [2.24, 2.45) is 0 Å². The lowest BCUT2D eigenvalue weighted by atomic mass is 10.2. The summed E-state index contributed by atoms with van der Waals surface area (Å²) < 4.78 is 25.1. The van der Waals surface area contributed by atoms with Gasteiger partial charge in [-0.05, 0) is 42.5 Å². The first-order valence-corrected chi connectivity index (χ1v) is 9.69. The molecule has 0 unspecified atom stereocenters. The van der Waals surface area contributed by atoms with Gasteiger partial charge in [0.1, 0.15) is 6.54 Å². The molecule has 0 aliphatic carbocycles. The average molecular weight is 386 g/mol. The maximum absolute atomic E-state index is 12.3. The standard InChI is InChI=1S/C18H18N4O4S/c1-13(23)20-15-6-8-16(9-7-15)21-18(24)12-22(27(2,25)26)17-5-3-4-14(10-17)11-19/h3-10H,12H2,1-2H3,(H,20,23)(H,21,24). The van der Waals surface area contributed by atoms with E-state index in [1.165, 1.54) is 19.1 Å². The predicted molar refractivity (Wildman–Crippen MR) is 103 cm³/mol. The second kappa shape index (κ2) is 8.33. The zero-order chi connectivity index (χ0) is 20.0. The summed E-state index contributed by atoms with van der Waals surface area (Å²) in [5, 5.41) is 14.2. The Kier molecular flexibility index (Phi) is 6.15. The Hall–Kier alpha value is -3.38. The number of hydrogen-bond acceptors (Lipinski definition) is 5. The molecular formula is C18H18N4O4S. The minimum Gasteiger partial charge on any atom is -0.326 e. The summed E-state index contributed by atoms with van der Waals surface area (Å²) in [4.78, 5) is 23.3. The summed E-state index contributed by atoms with van der Waals surface area (Å²) in [7, 11) is -3.73. The number of benzene rings is 2. The molecule has 2 amide bonds. The van der Waals surface area contributed by atoms with Crippen molar-refractivity contribution >= 4 is 38.9 Å². The molecule has 0 aliphatic heterocycles. The monoisotopic (exact) mass is 386 g/mol. The molecule has 0 spiro atoms. The van der Waals surface area contributed by atoms with Crippen LogP contribution in [-0.2, 0) is 19.6 Å². The highest BCUT2D eigenvalue weighted by atomic mass is 32.2. The molecule has 2 rings (SSSR count). The highest BCUT2D eigenvalue weighted by Crippen LogP contribution is 2.19. The van der Waals surface area contributed by atoms with Crippen LogP contribution in [0, 0.1) is 11.3 Å². The maximum Gasteiger partial charge on any atom is 0.245 e. The number of nitrogens with zero attached hydrogens (tertiary/aromatic N) is 2. The molecule has 0 heterocycles. The van der Waals surface area contributed by atoms with E-state index in [0.29, 0.717) is 11.4 Å². The van der Waals surface area contributed by atoms with Gasteiger partial charge < -0.3 is 10.6 Å². The zero-order valence-electron chi connectivity index (χ0n) is 14.8. The third kappa shape index (κ3) is 5.83. The highest BCUT2D eigenvalue weighted by Gasteiger charge is 2.21. The largest absolute Gasteiger partial charge is 0.326 e. The first-order valence-electron chi connectivity index (χ1n) is 7.84. The SMILES string of the molecule is CC(=O)Nc1ccc(NC(=O)CN(c2cccc(C#N)c2)S(C)(=O)=O)cc1. The number of carbonyl (C=O) groups excluding carboxylic acids is 2. The molecule has 9 heteroatoms. The van der Waals surface area contributed by atoms with E-state index < -0.39 is 22.5 Å². The Morgan fingerprint density at radius 2 is 1.67 bits per heavy atom. The van der Waals surface area contributed by atoms with Crippen molar-refractivity contribution in [3.8, 4) is 6.07 Å². The molecule has 2 N–H and O–H groups in total. The molecule has 0 atom stereocenters. The fourth-order valence-electron chi connectivity index (χ4n) is 2.30. The Bertz CT molecular complexity index is 995. The van der Waals surface area contributed by atoms with Gasteiger partial charge in [0.25, 0.3) is 0 Å². The second-order valence-corrected chi connectivity index (χ2v) is 7.65. The molecule has 0 fully saturated rings. The number of rotatable bonds is 6. The van der Waals surface area contributed by atoms with E-state index in [1.54, 1.807) is 36.4 Å². The second-order valence-electron chi connectivity index (χ2n) is 5.74. The predicted octanol–water partition coefficient (Wildman–Crippen LogP) is 1.92. The number of nitrogens with one attached hydrogen (secondary N) is 2. The van der Waals surface area contributed by atoms with Crippen LogP contribution in [0.5, 0.6) is 0 Å². The Labute approximate surface area is 157 Å². The van der Waals surface area contributed by atoms with Crippen LogP contribution in [0.25, 0.3) is 0 Å². The number of hydrogen-bond donors (Lipinski definition) is 2. The van der Waals surface area contributed by atoms with Crippen LogP contribution >= 0.6 is 0 Å². The van der Waals surface area contributed by atoms with Gasteiger partial charge in [0.2, 0.25) is 21.8 Å². The topological polar surface area (TPSA) is 119 Å². The van der Waals surface area contributed by atoms with Crippen molar-refractivity contribution in [1.82, 2.24) is 0 Å². The lowest BCUT2D eigenvalue weighted by Crippen LogP contribution is -2.37. The van der Waals surface area contributed by atoms with Crippen molar-refractivity contribution in [3.05, 3.63) is 54.1 Å². The highest BCUT2D eigenvalue weighted by molar-refractivity contribution is 7.92. The van der Waals surface area contributed by atoms with E-state index in [1.807, 2.05) is 6.07 Å². The van der Waals surface area contributed by atoms with Crippen LogP contribution in [-0.4, -0.2) is 33.0 Å². The van der Waals surface area contributed by atoms with Crippen LogP contribution in [0.2, 0.25) is 0 Å². The normalized spacial score (nSPS) is 10.6. The molecule has 0 radical (unpaired) electrons.